The van der Waals surface area contributed by atoms with E-state index in [4.69, 9.17) is 4.74 Å². The molecule has 0 saturated heterocycles. The summed E-state index contributed by atoms with van der Waals surface area (Å²) >= 11 is 3.35. The molecule has 0 aromatic heterocycles. The third-order valence-corrected chi connectivity index (χ3v) is 2.96. The number of hydrogen-bond donors (Lipinski definition) is 0. The molecule has 0 unspecified atom stereocenters. The molecule has 2 rings (SSSR count). The molecule has 0 spiro atoms. The molecular weight excluding hydrogens is 294 g/mol. The fourth-order valence-electron chi connectivity index (χ4n) is 1.43. The van der Waals surface area contributed by atoms with Crippen LogP contribution in [0, 0.1) is 0 Å². The van der Waals surface area contributed by atoms with Crippen molar-refractivity contribution < 1.29 is 9.53 Å². The van der Waals surface area contributed by atoms with Gasteiger partial charge in [-0.25, -0.2) is 4.79 Å². The van der Waals surface area contributed by atoms with Gasteiger partial charge in [0.15, 0.2) is 0 Å². The maximum Gasteiger partial charge on any atom is 0.419 e. The third kappa shape index (κ3) is 3.11. The Morgan fingerprint density at radius 2 is 1.67 bits per heavy atom. The van der Waals surface area contributed by atoms with Crippen LogP contribution in [0.4, 0.5) is 10.5 Å². The Morgan fingerprint density at radius 1 is 1.06 bits per heavy atom. The van der Waals surface area contributed by atoms with Crippen LogP contribution in [0.15, 0.2) is 59.1 Å². The summed E-state index contributed by atoms with van der Waals surface area (Å²) in [5.41, 5.74) is 0.777. The summed E-state index contributed by atoms with van der Waals surface area (Å²) in [6.07, 6.45) is -0.413. The van der Waals surface area contributed by atoms with Gasteiger partial charge in [-0.1, -0.05) is 34.1 Å². The number of halogens is 1. The quantitative estimate of drug-likeness (QED) is 0.836. The molecule has 2 aromatic rings. The van der Waals surface area contributed by atoms with Gasteiger partial charge in [0.25, 0.3) is 0 Å². The van der Waals surface area contributed by atoms with Crippen molar-refractivity contribution in [2.75, 3.05) is 11.9 Å². The Bertz CT molecular complexity index is 525. The maximum absolute atomic E-state index is 11.9. The zero-order valence-corrected chi connectivity index (χ0v) is 11.4. The number of para-hydroxylation sites is 1. The van der Waals surface area contributed by atoms with Gasteiger partial charge in [-0.3, -0.25) is 4.90 Å². The number of benzene rings is 2. The molecule has 0 heterocycles. The average molecular weight is 306 g/mol. The van der Waals surface area contributed by atoms with Crippen LogP contribution >= 0.6 is 15.9 Å². The molecule has 0 aliphatic heterocycles. The highest BCUT2D eigenvalue weighted by atomic mass is 79.9. The van der Waals surface area contributed by atoms with Gasteiger partial charge in [-0.2, -0.15) is 0 Å². The lowest BCUT2D eigenvalue weighted by atomic mass is 10.3. The number of hydrogen-bond acceptors (Lipinski definition) is 2. The van der Waals surface area contributed by atoms with E-state index in [9.17, 15) is 4.79 Å². The van der Waals surface area contributed by atoms with Crippen molar-refractivity contribution in [1.82, 2.24) is 0 Å². The molecule has 0 N–H and O–H groups in total. The van der Waals surface area contributed by atoms with E-state index < -0.39 is 6.09 Å². The summed E-state index contributed by atoms with van der Waals surface area (Å²) in [6.45, 7) is 0. The van der Waals surface area contributed by atoms with Crippen molar-refractivity contribution in [3.63, 3.8) is 0 Å². The van der Waals surface area contributed by atoms with Gasteiger partial charge in [0.05, 0.1) is 0 Å². The van der Waals surface area contributed by atoms with Crippen LogP contribution in [0.2, 0.25) is 0 Å². The van der Waals surface area contributed by atoms with Crippen molar-refractivity contribution in [2.45, 2.75) is 0 Å². The molecule has 0 radical (unpaired) electrons. The van der Waals surface area contributed by atoms with Gasteiger partial charge in [-0.05, 0) is 36.4 Å². The number of carbonyl (C=O) groups is 1. The maximum atomic E-state index is 11.9. The summed E-state index contributed by atoms with van der Waals surface area (Å²) in [5.74, 6) is 0.534. The first kappa shape index (κ1) is 12.6. The fraction of sp³-hybridized carbons (Fsp3) is 0.0714. The van der Waals surface area contributed by atoms with E-state index in [2.05, 4.69) is 15.9 Å². The Hall–Kier alpha value is -1.81. The van der Waals surface area contributed by atoms with E-state index in [1.165, 1.54) is 4.90 Å². The van der Waals surface area contributed by atoms with E-state index in [0.717, 1.165) is 10.2 Å². The van der Waals surface area contributed by atoms with Crippen LogP contribution in [0.25, 0.3) is 0 Å². The second kappa shape index (κ2) is 5.69. The van der Waals surface area contributed by atoms with Crippen LogP contribution in [-0.4, -0.2) is 13.1 Å². The largest absolute Gasteiger partial charge is 0.419 e. The molecule has 0 saturated carbocycles. The smallest absolute Gasteiger partial charge is 0.410 e. The molecule has 0 bridgehead atoms. The number of amides is 1. The van der Waals surface area contributed by atoms with E-state index in [-0.39, 0.29) is 0 Å². The summed E-state index contributed by atoms with van der Waals surface area (Å²) in [4.78, 5) is 13.3. The van der Waals surface area contributed by atoms with Crippen molar-refractivity contribution in [3.05, 3.63) is 59.1 Å². The molecule has 4 heteroatoms. The highest BCUT2D eigenvalue weighted by Gasteiger charge is 2.12. The molecule has 2 aromatic carbocycles. The number of rotatable bonds is 2. The monoisotopic (exact) mass is 305 g/mol. The van der Waals surface area contributed by atoms with E-state index in [1.807, 2.05) is 42.5 Å². The van der Waals surface area contributed by atoms with Gasteiger partial charge in [0.2, 0.25) is 0 Å². The molecular formula is C14H12BrNO2. The van der Waals surface area contributed by atoms with Crippen LogP contribution in [0.1, 0.15) is 0 Å². The lowest BCUT2D eigenvalue weighted by molar-refractivity contribution is 0.209. The fourth-order valence-corrected chi connectivity index (χ4v) is 1.69. The SMILES string of the molecule is CN(C(=O)Oc1ccccc1)c1ccc(Br)cc1. The Balaban J connectivity index is 2.07. The summed E-state index contributed by atoms with van der Waals surface area (Å²) in [5, 5.41) is 0. The highest BCUT2D eigenvalue weighted by Crippen LogP contribution is 2.18. The van der Waals surface area contributed by atoms with Gasteiger partial charge in [0.1, 0.15) is 5.75 Å². The van der Waals surface area contributed by atoms with Crippen LogP contribution in [0.5, 0.6) is 5.75 Å². The minimum Gasteiger partial charge on any atom is -0.410 e. The number of nitrogens with zero attached hydrogens (tertiary/aromatic N) is 1. The Kier molecular flexibility index (Phi) is 3.99. The molecule has 3 nitrogen and oxygen atoms in total. The van der Waals surface area contributed by atoms with Gasteiger partial charge >= 0.3 is 6.09 Å². The molecule has 92 valence electrons. The first-order valence-electron chi connectivity index (χ1n) is 5.43. The van der Waals surface area contributed by atoms with E-state index >= 15 is 0 Å². The Morgan fingerprint density at radius 3 is 2.28 bits per heavy atom. The molecule has 0 aliphatic carbocycles. The van der Waals surface area contributed by atoms with Crippen molar-refractivity contribution in [3.8, 4) is 5.75 Å². The molecule has 0 atom stereocenters. The standard InChI is InChI=1S/C14H12BrNO2/c1-16(12-9-7-11(15)8-10-12)14(17)18-13-5-3-2-4-6-13/h2-10H,1H3. The first-order valence-corrected chi connectivity index (χ1v) is 6.22. The van der Waals surface area contributed by atoms with Crippen LogP contribution in [-0.2, 0) is 0 Å². The normalized spacial score (nSPS) is 9.89. The molecule has 0 fully saturated rings. The predicted molar refractivity (Wildman–Crippen MR) is 75.0 cm³/mol. The van der Waals surface area contributed by atoms with Crippen molar-refractivity contribution in [1.29, 1.82) is 0 Å². The molecule has 18 heavy (non-hydrogen) atoms. The molecule has 1 amide bonds. The van der Waals surface area contributed by atoms with E-state index in [1.54, 1.807) is 19.2 Å². The topological polar surface area (TPSA) is 29.5 Å². The number of ether oxygens (including phenoxy) is 1. The van der Waals surface area contributed by atoms with Crippen LogP contribution in [0.3, 0.4) is 0 Å². The first-order chi connectivity index (χ1) is 8.66. The van der Waals surface area contributed by atoms with Crippen molar-refractivity contribution >= 4 is 27.7 Å². The minimum atomic E-state index is -0.413. The average Bonchev–Trinajstić information content (AvgIpc) is 2.40. The Labute approximate surface area is 114 Å². The lowest BCUT2D eigenvalue weighted by Gasteiger charge is -2.16. The number of anilines is 1. The second-order valence-electron chi connectivity index (χ2n) is 3.72. The van der Waals surface area contributed by atoms with Gasteiger partial charge in [-0.15, -0.1) is 0 Å². The van der Waals surface area contributed by atoms with Gasteiger partial charge in [0, 0.05) is 17.2 Å². The highest BCUT2D eigenvalue weighted by molar-refractivity contribution is 9.10. The van der Waals surface area contributed by atoms with Crippen molar-refractivity contribution in [2.24, 2.45) is 0 Å². The zero-order chi connectivity index (χ0) is 13.0. The van der Waals surface area contributed by atoms with Gasteiger partial charge < -0.3 is 4.74 Å². The van der Waals surface area contributed by atoms with Crippen LogP contribution < -0.4 is 9.64 Å². The number of carbonyl (C=O) groups excluding carboxylic acids is 1. The summed E-state index contributed by atoms with van der Waals surface area (Å²) < 4.78 is 6.20. The third-order valence-electron chi connectivity index (χ3n) is 2.44. The molecule has 0 aliphatic rings. The lowest BCUT2D eigenvalue weighted by Crippen LogP contribution is -2.29. The predicted octanol–water partition coefficient (Wildman–Crippen LogP) is 4.08. The zero-order valence-electron chi connectivity index (χ0n) is 9.84. The van der Waals surface area contributed by atoms with E-state index in [0.29, 0.717) is 5.75 Å². The minimum absolute atomic E-state index is 0.413. The summed E-state index contributed by atoms with van der Waals surface area (Å²) in [6, 6.07) is 16.4. The summed E-state index contributed by atoms with van der Waals surface area (Å²) in [7, 11) is 1.68. The second-order valence-corrected chi connectivity index (χ2v) is 4.63.